The normalized spacial score (nSPS) is 15.0. The van der Waals surface area contributed by atoms with Crippen LogP contribution in [0, 0.1) is 0 Å². The second kappa shape index (κ2) is 9.54. The Balaban J connectivity index is 2.14. The SMILES string of the molecule is O=C(Oc1c(-c2ccc(O)c(O)c2)oc2cc(O)cc(O)c2c1=O)[C@H](O)[C@@H](O)[C@H](O)[C@H](O)CO. The molecule has 0 aliphatic heterocycles. The van der Waals surface area contributed by atoms with Gasteiger partial charge in [0.25, 0.3) is 0 Å². The molecule has 13 heteroatoms. The summed E-state index contributed by atoms with van der Waals surface area (Å²) in [6, 6.07) is 4.89. The lowest BCUT2D eigenvalue weighted by atomic mass is 10.0. The van der Waals surface area contributed by atoms with Crippen molar-refractivity contribution in [3.63, 3.8) is 0 Å². The highest BCUT2D eigenvalue weighted by atomic mass is 16.6. The smallest absolute Gasteiger partial charge is 0.343 e. The van der Waals surface area contributed by atoms with Crippen LogP contribution >= 0.6 is 0 Å². The monoisotopic (exact) mass is 480 g/mol. The molecule has 13 nitrogen and oxygen atoms in total. The van der Waals surface area contributed by atoms with Crippen molar-refractivity contribution in [2.45, 2.75) is 24.4 Å². The van der Waals surface area contributed by atoms with Crippen LogP contribution in [0.3, 0.4) is 0 Å². The number of hydrogen-bond donors (Lipinski definition) is 9. The number of fused-ring (bicyclic) bond motifs is 1. The Morgan fingerprint density at radius 2 is 1.59 bits per heavy atom. The molecule has 0 bridgehead atoms. The second-order valence-electron chi connectivity index (χ2n) is 7.23. The van der Waals surface area contributed by atoms with Crippen molar-refractivity contribution in [1.29, 1.82) is 0 Å². The molecule has 4 atom stereocenters. The van der Waals surface area contributed by atoms with Crippen LogP contribution in [-0.2, 0) is 4.79 Å². The molecule has 0 spiro atoms. The quantitative estimate of drug-likeness (QED) is 0.140. The van der Waals surface area contributed by atoms with E-state index in [-0.39, 0.29) is 11.1 Å². The summed E-state index contributed by atoms with van der Waals surface area (Å²) in [5, 5.41) is 86.5. The highest BCUT2D eigenvalue weighted by Crippen LogP contribution is 2.38. The van der Waals surface area contributed by atoms with E-state index < -0.39 is 82.3 Å². The molecule has 0 fully saturated rings. The van der Waals surface area contributed by atoms with Crippen LogP contribution in [0.15, 0.2) is 39.5 Å². The lowest BCUT2D eigenvalue weighted by Crippen LogP contribution is -2.49. The molecule has 1 aromatic heterocycles. The standard InChI is InChI=1S/C21H20O13/c22-6-12(27)15(28)17(30)18(31)21(32)34-20-16(29)14-11(26)4-8(23)5-13(14)33-19(20)7-1-2-9(24)10(25)3-7/h1-5,12,15,17-18,22-28,30-31H,6H2/t12-,15-,17+,18-/m1/s1. The number of aliphatic hydroxyl groups is 5. The number of carbonyl (C=O) groups is 1. The van der Waals surface area contributed by atoms with E-state index in [4.69, 9.17) is 14.3 Å². The third kappa shape index (κ3) is 4.59. The van der Waals surface area contributed by atoms with Crippen LogP contribution in [0.25, 0.3) is 22.3 Å². The molecule has 0 radical (unpaired) electrons. The van der Waals surface area contributed by atoms with Gasteiger partial charge in [0.05, 0.1) is 6.61 Å². The van der Waals surface area contributed by atoms with Crippen molar-refractivity contribution < 1.29 is 59.9 Å². The molecular weight excluding hydrogens is 460 g/mol. The van der Waals surface area contributed by atoms with Crippen molar-refractivity contribution in [1.82, 2.24) is 0 Å². The fraction of sp³-hybridized carbons (Fsp3) is 0.238. The van der Waals surface area contributed by atoms with Gasteiger partial charge in [-0.2, -0.15) is 0 Å². The first kappa shape index (κ1) is 24.8. The van der Waals surface area contributed by atoms with Crippen molar-refractivity contribution in [2.75, 3.05) is 6.61 Å². The van der Waals surface area contributed by atoms with E-state index in [9.17, 15) is 50.4 Å². The maximum atomic E-state index is 13.1. The molecule has 0 aliphatic rings. The van der Waals surface area contributed by atoms with Crippen LogP contribution in [0.5, 0.6) is 28.7 Å². The van der Waals surface area contributed by atoms with Crippen molar-refractivity contribution in [3.8, 4) is 40.1 Å². The van der Waals surface area contributed by atoms with Gasteiger partial charge >= 0.3 is 5.97 Å². The van der Waals surface area contributed by atoms with Crippen LogP contribution in [0.2, 0.25) is 0 Å². The molecule has 9 N–H and O–H groups in total. The zero-order chi connectivity index (χ0) is 25.3. The van der Waals surface area contributed by atoms with E-state index in [1.54, 1.807) is 0 Å². The summed E-state index contributed by atoms with van der Waals surface area (Å²) in [7, 11) is 0. The van der Waals surface area contributed by atoms with Crippen LogP contribution in [-0.4, -0.2) is 83.0 Å². The van der Waals surface area contributed by atoms with E-state index in [1.807, 2.05) is 0 Å². The highest BCUT2D eigenvalue weighted by molar-refractivity contribution is 5.90. The van der Waals surface area contributed by atoms with Gasteiger partial charge in [0.1, 0.15) is 40.8 Å². The first-order valence-corrected chi connectivity index (χ1v) is 9.56. The number of esters is 1. The summed E-state index contributed by atoms with van der Waals surface area (Å²) in [6.07, 6.45) is -8.93. The molecular formula is C21H20O13. The van der Waals surface area contributed by atoms with Crippen LogP contribution in [0.4, 0.5) is 0 Å². The fourth-order valence-corrected chi connectivity index (χ4v) is 3.04. The molecule has 2 aromatic carbocycles. The summed E-state index contributed by atoms with van der Waals surface area (Å²) in [5.74, 6) is -5.55. The summed E-state index contributed by atoms with van der Waals surface area (Å²) in [6.45, 7) is -1.01. The number of aromatic hydroxyl groups is 4. The predicted octanol–water partition coefficient (Wildman–Crippen LogP) is -1.38. The number of rotatable bonds is 7. The molecule has 1 heterocycles. The molecule has 0 unspecified atom stereocenters. The Bertz CT molecular complexity index is 1280. The Labute approximate surface area is 189 Å². The van der Waals surface area contributed by atoms with Crippen molar-refractivity contribution >= 4 is 16.9 Å². The summed E-state index contributed by atoms with van der Waals surface area (Å²) >= 11 is 0. The topological polar surface area (TPSA) is 239 Å². The predicted molar refractivity (Wildman–Crippen MR) is 111 cm³/mol. The van der Waals surface area contributed by atoms with Crippen LogP contribution in [0.1, 0.15) is 0 Å². The Morgan fingerprint density at radius 1 is 0.912 bits per heavy atom. The number of phenols is 4. The van der Waals surface area contributed by atoms with E-state index in [2.05, 4.69) is 0 Å². The van der Waals surface area contributed by atoms with Crippen molar-refractivity contribution in [2.24, 2.45) is 0 Å². The number of phenolic OH excluding ortho intramolecular Hbond substituents is 4. The van der Waals surface area contributed by atoms with Gasteiger partial charge in [0.15, 0.2) is 23.4 Å². The lowest BCUT2D eigenvalue weighted by molar-refractivity contribution is -0.161. The van der Waals surface area contributed by atoms with Gasteiger partial charge in [-0.05, 0) is 18.2 Å². The molecule has 0 saturated heterocycles. The minimum absolute atomic E-state index is 0.120. The van der Waals surface area contributed by atoms with E-state index in [0.29, 0.717) is 0 Å². The maximum absolute atomic E-state index is 13.1. The first-order valence-electron chi connectivity index (χ1n) is 9.56. The van der Waals surface area contributed by atoms with Crippen LogP contribution < -0.4 is 10.2 Å². The van der Waals surface area contributed by atoms with Gasteiger partial charge in [-0.25, -0.2) is 4.79 Å². The number of carbonyl (C=O) groups excluding carboxylic acids is 1. The summed E-state index contributed by atoms with van der Waals surface area (Å²) in [5.41, 5.74) is -1.63. The molecule has 3 aromatic rings. The Morgan fingerprint density at radius 3 is 2.21 bits per heavy atom. The molecule has 34 heavy (non-hydrogen) atoms. The zero-order valence-corrected chi connectivity index (χ0v) is 17.1. The van der Waals surface area contributed by atoms with E-state index in [1.165, 1.54) is 0 Å². The number of hydrogen-bond acceptors (Lipinski definition) is 13. The molecule has 0 aliphatic carbocycles. The van der Waals surface area contributed by atoms with Crippen molar-refractivity contribution in [3.05, 3.63) is 40.6 Å². The number of benzene rings is 2. The van der Waals surface area contributed by atoms with Gasteiger partial charge < -0.3 is 55.1 Å². The summed E-state index contributed by atoms with van der Waals surface area (Å²) in [4.78, 5) is 25.5. The van der Waals surface area contributed by atoms with Gasteiger partial charge in [0, 0.05) is 17.7 Å². The molecule has 0 saturated carbocycles. The van der Waals surface area contributed by atoms with Gasteiger partial charge in [-0.1, -0.05) is 0 Å². The van der Waals surface area contributed by atoms with E-state index >= 15 is 0 Å². The zero-order valence-electron chi connectivity index (χ0n) is 17.1. The minimum Gasteiger partial charge on any atom is -0.508 e. The molecule has 3 rings (SSSR count). The third-order valence-electron chi connectivity index (χ3n) is 4.85. The average molecular weight is 480 g/mol. The Hall–Kier alpha value is -3.88. The number of aliphatic hydroxyl groups excluding tert-OH is 5. The number of ether oxygens (including phenoxy) is 1. The molecule has 0 amide bonds. The third-order valence-corrected chi connectivity index (χ3v) is 4.85. The summed E-state index contributed by atoms with van der Waals surface area (Å²) < 4.78 is 10.4. The fourth-order valence-electron chi connectivity index (χ4n) is 3.04. The van der Waals surface area contributed by atoms with Gasteiger partial charge in [-0.3, -0.25) is 4.79 Å². The van der Waals surface area contributed by atoms with Gasteiger partial charge in [-0.15, -0.1) is 0 Å². The minimum atomic E-state index is -2.51. The average Bonchev–Trinajstić information content (AvgIpc) is 2.79. The molecule has 182 valence electrons. The van der Waals surface area contributed by atoms with E-state index in [0.717, 1.165) is 30.3 Å². The first-order chi connectivity index (χ1) is 16.0. The maximum Gasteiger partial charge on any atom is 0.343 e. The second-order valence-corrected chi connectivity index (χ2v) is 7.23. The largest absolute Gasteiger partial charge is 0.508 e. The highest BCUT2D eigenvalue weighted by Gasteiger charge is 2.36. The lowest BCUT2D eigenvalue weighted by Gasteiger charge is -2.24. The Kier molecular flexibility index (Phi) is 6.95. The van der Waals surface area contributed by atoms with Gasteiger partial charge in [0.2, 0.25) is 11.2 Å².